The maximum absolute atomic E-state index is 13.5. The Balaban J connectivity index is 0.801. The van der Waals surface area contributed by atoms with Crippen LogP contribution in [0.2, 0.25) is 5.02 Å². The first-order chi connectivity index (χ1) is 30.2. The molecule has 63 heavy (non-hydrogen) atoms. The molecule has 1 saturated carbocycles. The maximum atomic E-state index is 13.5. The molecular formula is C48H60ClN9O5. The lowest BCUT2D eigenvalue weighted by atomic mass is 9.53. The van der Waals surface area contributed by atoms with Crippen LogP contribution in [-0.4, -0.2) is 100 Å². The number of anilines is 3. The van der Waals surface area contributed by atoms with E-state index in [1.165, 1.54) is 25.5 Å². The number of benzene rings is 2. The highest BCUT2D eigenvalue weighted by molar-refractivity contribution is 6.33. The molecule has 3 N–H and O–H groups in total. The number of hydrogen-bond donors (Lipinski definition) is 3. The van der Waals surface area contributed by atoms with Crippen LogP contribution in [0.3, 0.4) is 0 Å². The maximum Gasteiger partial charge on any atom is 0.293 e. The Bertz CT molecular complexity index is 2480. The molecule has 2 aromatic heterocycles. The monoisotopic (exact) mass is 877 g/mol. The van der Waals surface area contributed by atoms with Gasteiger partial charge in [-0.05, 0) is 151 Å². The Morgan fingerprint density at radius 3 is 2.51 bits per heavy atom. The van der Waals surface area contributed by atoms with E-state index in [1.807, 2.05) is 49.1 Å². The molecule has 5 aliphatic rings. The number of aromatic nitrogens is 3. The Hall–Kier alpha value is -5.21. The third-order valence-electron chi connectivity index (χ3n) is 15.0. The quantitative estimate of drug-likeness (QED) is 0.147. The topological polar surface area (TPSA) is 154 Å². The number of hydrogen-bond acceptors (Lipinski definition) is 10. The van der Waals surface area contributed by atoms with Crippen molar-refractivity contribution in [3.8, 4) is 5.75 Å². The third-order valence-corrected chi connectivity index (χ3v) is 15.3. The van der Waals surface area contributed by atoms with E-state index in [0.29, 0.717) is 47.1 Å². The summed E-state index contributed by atoms with van der Waals surface area (Å²) >= 11 is 6.66. The van der Waals surface area contributed by atoms with Gasteiger partial charge in [0.1, 0.15) is 11.1 Å². The van der Waals surface area contributed by atoms with E-state index in [9.17, 15) is 19.2 Å². The van der Waals surface area contributed by atoms with Crippen LogP contribution in [0.4, 0.5) is 17.5 Å². The zero-order chi connectivity index (χ0) is 44.2. The molecule has 0 bridgehead atoms. The number of pyridine rings is 1. The number of piperidine rings is 3. The number of nitrogens with zero attached hydrogens (tertiary/aromatic N) is 6. The van der Waals surface area contributed by atoms with Gasteiger partial charge in [0.15, 0.2) is 18.2 Å². The van der Waals surface area contributed by atoms with Gasteiger partial charge < -0.3 is 35.1 Å². The van der Waals surface area contributed by atoms with E-state index in [2.05, 4.69) is 50.6 Å². The minimum atomic E-state index is -0.369. The van der Waals surface area contributed by atoms with Gasteiger partial charge in [-0.3, -0.25) is 24.1 Å². The first-order valence-corrected chi connectivity index (χ1v) is 23.2. The van der Waals surface area contributed by atoms with Crippen molar-refractivity contribution in [3.63, 3.8) is 0 Å². The summed E-state index contributed by atoms with van der Waals surface area (Å²) in [7, 11) is 1.52. The molecule has 4 aromatic rings. The van der Waals surface area contributed by atoms with Crippen LogP contribution in [0.1, 0.15) is 113 Å². The van der Waals surface area contributed by atoms with Crippen LogP contribution in [0.25, 0.3) is 10.9 Å². The lowest BCUT2D eigenvalue weighted by Gasteiger charge is -2.59. The normalized spacial score (nSPS) is 20.8. The molecule has 1 aliphatic carbocycles. The number of nitrogens with one attached hydrogen (secondary N) is 3. The van der Waals surface area contributed by atoms with Crippen molar-refractivity contribution in [3.05, 3.63) is 80.7 Å². The van der Waals surface area contributed by atoms with Gasteiger partial charge in [-0.15, -0.1) is 0 Å². The van der Waals surface area contributed by atoms with Crippen LogP contribution >= 0.6 is 11.6 Å². The molecule has 4 fully saturated rings. The number of fused-ring (bicyclic) bond motifs is 2. The van der Waals surface area contributed by atoms with Crippen molar-refractivity contribution in [1.29, 1.82) is 0 Å². The van der Waals surface area contributed by atoms with Crippen molar-refractivity contribution in [2.45, 2.75) is 109 Å². The van der Waals surface area contributed by atoms with Gasteiger partial charge in [-0.2, -0.15) is 4.98 Å². The molecule has 9 rings (SSSR count). The molecule has 6 heterocycles. The van der Waals surface area contributed by atoms with Crippen LogP contribution in [-0.2, 0) is 16.1 Å². The van der Waals surface area contributed by atoms with E-state index < -0.39 is 0 Å². The molecule has 1 atom stereocenters. The third kappa shape index (κ3) is 8.13. The molecule has 3 amide bonds. The first-order valence-electron chi connectivity index (χ1n) is 22.8. The lowest BCUT2D eigenvalue weighted by molar-refractivity contribution is -0.127. The summed E-state index contributed by atoms with van der Waals surface area (Å²) in [6, 6.07) is 13.1. The molecule has 334 valence electrons. The average Bonchev–Trinajstić information content (AvgIpc) is 3.61. The van der Waals surface area contributed by atoms with E-state index in [4.69, 9.17) is 21.3 Å². The van der Waals surface area contributed by atoms with Crippen LogP contribution in [0.15, 0.2) is 53.5 Å². The van der Waals surface area contributed by atoms with Crippen molar-refractivity contribution >= 4 is 57.7 Å². The fourth-order valence-corrected chi connectivity index (χ4v) is 11.3. The number of carbonyl (C=O) groups excluding carboxylic acids is 3. The average molecular weight is 879 g/mol. The van der Waals surface area contributed by atoms with Crippen molar-refractivity contribution in [1.82, 2.24) is 35.0 Å². The molecule has 0 radical (unpaired) electrons. The lowest BCUT2D eigenvalue weighted by Crippen LogP contribution is -2.59. The van der Waals surface area contributed by atoms with Crippen LogP contribution in [0, 0.1) is 11.3 Å². The number of halogens is 1. The smallest absolute Gasteiger partial charge is 0.293 e. The molecule has 14 nitrogen and oxygen atoms in total. The molecule has 4 aliphatic heterocycles. The summed E-state index contributed by atoms with van der Waals surface area (Å²) in [6.07, 6.45) is 10.1. The summed E-state index contributed by atoms with van der Waals surface area (Å²) in [5.41, 5.74) is 4.85. The van der Waals surface area contributed by atoms with Gasteiger partial charge in [-0.1, -0.05) is 23.7 Å². The summed E-state index contributed by atoms with van der Waals surface area (Å²) in [4.78, 5) is 67.7. The predicted octanol–water partition coefficient (Wildman–Crippen LogP) is 6.78. The minimum absolute atomic E-state index is 0.00186. The zero-order valence-electron chi connectivity index (χ0n) is 37.1. The first kappa shape index (κ1) is 43.1. The molecule has 15 heteroatoms. The highest BCUT2D eigenvalue weighted by Crippen LogP contribution is 2.57. The molecule has 1 spiro atoms. The van der Waals surface area contributed by atoms with Crippen molar-refractivity contribution in [2.75, 3.05) is 56.6 Å². The highest BCUT2D eigenvalue weighted by atomic mass is 35.5. The van der Waals surface area contributed by atoms with Gasteiger partial charge in [-0.25, -0.2) is 4.98 Å². The number of likely N-dealkylation sites (tertiary alicyclic amines) is 1. The van der Waals surface area contributed by atoms with Gasteiger partial charge >= 0.3 is 0 Å². The second kappa shape index (κ2) is 17.1. The van der Waals surface area contributed by atoms with Crippen molar-refractivity contribution in [2.24, 2.45) is 11.3 Å². The van der Waals surface area contributed by atoms with Gasteiger partial charge in [0.2, 0.25) is 11.9 Å². The van der Waals surface area contributed by atoms with Gasteiger partial charge in [0, 0.05) is 61.4 Å². The minimum Gasteiger partial charge on any atom is -0.478 e. The largest absolute Gasteiger partial charge is 0.478 e. The van der Waals surface area contributed by atoms with Gasteiger partial charge in [0.25, 0.3) is 17.4 Å². The Morgan fingerprint density at radius 1 is 1.03 bits per heavy atom. The predicted molar refractivity (Wildman–Crippen MR) is 245 cm³/mol. The fraction of sp³-hybridized carbons (Fsp3) is 0.542. The number of likely N-dealkylation sites (N-methyl/N-ethyl adjacent to an activating group) is 1. The van der Waals surface area contributed by atoms with Gasteiger partial charge in [0.05, 0.1) is 11.7 Å². The molecule has 1 unspecified atom stereocenters. The number of carbonyl (C=O) groups is 3. The summed E-state index contributed by atoms with van der Waals surface area (Å²) < 4.78 is 7.31. The number of ether oxygens (including phenoxy) is 1. The number of rotatable bonds is 11. The highest BCUT2D eigenvalue weighted by Gasteiger charge is 2.53. The Morgan fingerprint density at radius 2 is 1.79 bits per heavy atom. The van der Waals surface area contributed by atoms with E-state index >= 15 is 0 Å². The molecule has 2 aromatic carbocycles. The second-order valence-electron chi connectivity index (χ2n) is 19.3. The fourth-order valence-electron chi connectivity index (χ4n) is 11.1. The van der Waals surface area contributed by atoms with Crippen LogP contribution in [0.5, 0.6) is 5.75 Å². The Kier molecular flexibility index (Phi) is 11.7. The van der Waals surface area contributed by atoms with E-state index in [0.717, 1.165) is 92.4 Å². The second-order valence-corrected chi connectivity index (χ2v) is 19.7. The van der Waals surface area contributed by atoms with Crippen molar-refractivity contribution < 1.29 is 19.1 Å². The SMILES string of the molecule is CNC(=O)COc1cc2cc(Nc3nc(N4CCC5(CC4)CC(C(C)(C)N4CCC(c6cccc7c6CN(C6CCCNC6=O)C7=O)CC4)C5)ncc3Cl)ccc2n(C(C)C)c1=O. The van der Waals surface area contributed by atoms with E-state index in [1.54, 1.807) is 16.8 Å². The summed E-state index contributed by atoms with van der Waals surface area (Å²) in [5, 5.41) is 10.0. The van der Waals surface area contributed by atoms with Crippen LogP contribution < -0.4 is 31.1 Å². The Labute approximate surface area is 374 Å². The van der Waals surface area contributed by atoms with E-state index in [-0.39, 0.29) is 53.3 Å². The molecule has 3 saturated heterocycles. The summed E-state index contributed by atoms with van der Waals surface area (Å²) in [6.45, 7) is 13.6. The summed E-state index contributed by atoms with van der Waals surface area (Å²) in [5.74, 6) is 1.96. The zero-order valence-corrected chi connectivity index (χ0v) is 37.9. The molecular weight excluding hydrogens is 818 g/mol. The number of amides is 3. The standard InChI is InChI=1S/C48H60ClN9O5/c1-29(2)58-38-12-11-33(22-31(38)23-40(45(58)62)63-28-41(59)50-5)53-42-37(49)26-52-46(54-42)55-20-15-48(16-21-55)24-32(25-48)47(3,4)56-18-13-30(14-19-56)34-8-6-9-35-36(34)27-57(44(35)61)39-10-7-17-51-43(39)60/h6,8-9,11-12,22-23,26,29-30,32,39H,7,10,13-21,24-25,27-28H2,1-5H3,(H,50,59)(H,51,60)(H,52,53,54).